The SMILES string of the molecule is COc1cccc(NC(=O)[C@@H]2[C@H](C(=O)NCc3cccnc3)[C@H]3C=C[C@H]2O3)c1. The lowest BCUT2D eigenvalue weighted by atomic mass is 9.81. The van der Waals surface area contributed by atoms with Crippen molar-refractivity contribution in [1.82, 2.24) is 10.3 Å². The van der Waals surface area contributed by atoms with Crippen LogP contribution in [0.4, 0.5) is 5.69 Å². The number of carbonyl (C=O) groups excluding carboxylic acids is 2. The third-order valence-corrected chi connectivity index (χ3v) is 5.03. The van der Waals surface area contributed by atoms with Crippen molar-refractivity contribution in [1.29, 1.82) is 0 Å². The zero-order valence-electron chi connectivity index (χ0n) is 15.4. The van der Waals surface area contributed by atoms with Crippen LogP contribution < -0.4 is 15.4 Å². The van der Waals surface area contributed by atoms with Crippen molar-refractivity contribution in [3.63, 3.8) is 0 Å². The molecule has 0 saturated carbocycles. The number of aromatic nitrogens is 1. The molecule has 0 unspecified atom stereocenters. The molecule has 7 heteroatoms. The van der Waals surface area contributed by atoms with E-state index >= 15 is 0 Å². The summed E-state index contributed by atoms with van der Waals surface area (Å²) in [4.78, 5) is 29.8. The summed E-state index contributed by atoms with van der Waals surface area (Å²) >= 11 is 0. The van der Waals surface area contributed by atoms with E-state index in [9.17, 15) is 9.59 Å². The van der Waals surface area contributed by atoms with Crippen LogP contribution in [0.3, 0.4) is 0 Å². The molecule has 28 heavy (non-hydrogen) atoms. The predicted molar refractivity (Wildman–Crippen MR) is 102 cm³/mol. The summed E-state index contributed by atoms with van der Waals surface area (Å²) < 4.78 is 11.0. The normalized spacial score (nSPS) is 24.8. The first-order valence-electron chi connectivity index (χ1n) is 9.11. The Morgan fingerprint density at radius 1 is 1.11 bits per heavy atom. The second-order valence-corrected chi connectivity index (χ2v) is 6.80. The Labute approximate surface area is 162 Å². The highest BCUT2D eigenvalue weighted by atomic mass is 16.5. The maximum atomic E-state index is 12.9. The molecule has 4 rings (SSSR count). The zero-order chi connectivity index (χ0) is 19.5. The van der Waals surface area contributed by atoms with Crippen LogP contribution in [0.2, 0.25) is 0 Å². The Kier molecular flexibility index (Phi) is 5.08. The van der Waals surface area contributed by atoms with Crippen LogP contribution in [0.5, 0.6) is 5.75 Å². The molecule has 2 bridgehead atoms. The van der Waals surface area contributed by atoms with Crippen LogP contribution in [0.15, 0.2) is 60.9 Å². The van der Waals surface area contributed by atoms with E-state index in [1.54, 1.807) is 43.8 Å². The molecule has 3 heterocycles. The molecule has 1 saturated heterocycles. The number of pyridine rings is 1. The van der Waals surface area contributed by atoms with Gasteiger partial charge in [-0.25, -0.2) is 0 Å². The minimum atomic E-state index is -0.588. The van der Waals surface area contributed by atoms with Crippen molar-refractivity contribution < 1.29 is 19.1 Å². The van der Waals surface area contributed by atoms with Gasteiger partial charge in [-0.1, -0.05) is 24.3 Å². The molecule has 2 N–H and O–H groups in total. The first-order valence-corrected chi connectivity index (χ1v) is 9.11. The van der Waals surface area contributed by atoms with Crippen LogP contribution in [0.1, 0.15) is 5.56 Å². The fourth-order valence-electron chi connectivity index (χ4n) is 3.67. The summed E-state index contributed by atoms with van der Waals surface area (Å²) in [5.41, 5.74) is 1.51. The van der Waals surface area contributed by atoms with Gasteiger partial charge in [0.15, 0.2) is 0 Å². The van der Waals surface area contributed by atoms with Gasteiger partial charge in [0.25, 0.3) is 0 Å². The lowest BCUT2D eigenvalue weighted by Crippen LogP contribution is -2.44. The molecular weight excluding hydrogens is 358 g/mol. The minimum absolute atomic E-state index is 0.202. The molecule has 1 aromatic carbocycles. The number of rotatable bonds is 6. The van der Waals surface area contributed by atoms with Gasteiger partial charge in [-0.2, -0.15) is 0 Å². The van der Waals surface area contributed by atoms with E-state index in [1.165, 1.54) is 0 Å². The smallest absolute Gasteiger partial charge is 0.231 e. The monoisotopic (exact) mass is 379 g/mol. The molecule has 2 aliphatic rings. The molecule has 0 spiro atoms. The number of benzene rings is 1. The minimum Gasteiger partial charge on any atom is -0.497 e. The third kappa shape index (κ3) is 3.61. The van der Waals surface area contributed by atoms with Gasteiger partial charge in [0.2, 0.25) is 11.8 Å². The Bertz CT molecular complexity index is 900. The number of hydrogen-bond donors (Lipinski definition) is 2. The second-order valence-electron chi connectivity index (χ2n) is 6.80. The largest absolute Gasteiger partial charge is 0.497 e. The Morgan fingerprint density at radius 2 is 1.89 bits per heavy atom. The maximum absolute atomic E-state index is 12.9. The number of amides is 2. The summed E-state index contributed by atoms with van der Waals surface area (Å²) in [5.74, 6) is -0.960. The number of ether oxygens (including phenoxy) is 2. The number of fused-ring (bicyclic) bond motifs is 2. The fraction of sp³-hybridized carbons (Fsp3) is 0.286. The van der Waals surface area contributed by atoms with Gasteiger partial charge in [0.05, 0.1) is 31.2 Å². The van der Waals surface area contributed by atoms with Crippen molar-refractivity contribution >= 4 is 17.5 Å². The van der Waals surface area contributed by atoms with Crippen LogP contribution in [0, 0.1) is 11.8 Å². The number of nitrogens with zero attached hydrogens (tertiary/aromatic N) is 1. The zero-order valence-corrected chi connectivity index (χ0v) is 15.4. The van der Waals surface area contributed by atoms with E-state index in [2.05, 4.69) is 15.6 Å². The first-order chi connectivity index (χ1) is 13.7. The van der Waals surface area contributed by atoms with Crippen molar-refractivity contribution in [2.45, 2.75) is 18.8 Å². The molecule has 2 aliphatic heterocycles. The van der Waals surface area contributed by atoms with Crippen LogP contribution >= 0.6 is 0 Å². The van der Waals surface area contributed by atoms with Gasteiger partial charge in [0.1, 0.15) is 5.75 Å². The summed E-state index contributed by atoms with van der Waals surface area (Å²) in [7, 11) is 1.57. The maximum Gasteiger partial charge on any atom is 0.231 e. The summed E-state index contributed by atoms with van der Waals surface area (Å²) in [6.07, 6.45) is 6.30. The van der Waals surface area contributed by atoms with Crippen LogP contribution in [-0.2, 0) is 20.9 Å². The summed E-state index contributed by atoms with van der Waals surface area (Å²) in [6.45, 7) is 0.356. The van der Waals surface area contributed by atoms with E-state index in [-0.39, 0.29) is 17.9 Å². The van der Waals surface area contributed by atoms with Crippen LogP contribution in [0.25, 0.3) is 0 Å². The average Bonchev–Trinajstić information content (AvgIpc) is 3.34. The molecule has 1 aromatic heterocycles. The van der Waals surface area contributed by atoms with E-state index in [0.717, 1.165) is 5.56 Å². The van der Waals surface area contributed by atoms with E-state index in [0.29, 0.717) is 18.0 Å². The van der Waals surface area contributed by atoms with E-state index in [4.69, 9.17) is 9.47 Å². The number of hydrogen-bond acceptors (Lipinski definition) is 5. The predicted octanol–water partition coefficient (Wildman–Crippen LogP) is 1.91. The highest BCUT2D eigenvalue weighted by molar-refractivity contribution is 5.97. The van der Waals surface area contributed by atoms with Gasteiger partial charge < -0.3 is 20.1 Å². The van der Waals surface area contributed by atoms with Gasteiger partial charge in [-0.15, -0.1) is 0 Å². The van der Waals surface area contributed by atoms with Gasteiger partial charge >= 0.3 is 0 Å². The number of anilines is 1. The number of methoxy groups -OCH3 is 1. The van der Waals surface area contributed by atoms with Crippen molar-refractivity contribution in [3.8, 4) is 5.75 Å². The molecule has 0 aliphatic carbocycles. The Hall–Kier alpha value is -3.19. The highest BCUT2D eigenvalue weighted by Gasteiger charge is 2.52. The van der Waals surface area contributed by atoms with Crippen LogP contribution in [-0.4, -0.2) is 36.1 Å². The Balaban J connectivity index is 1.46. The molecule has 2 amide bonds. The quantitative estimate of drug-likeness (QED) is 0.749. The van der Waals surface area contributed by atoms with E-state index < -0.39 is 17.9 Å². The van der Waals surface area contributed by atoms with Crippen molar-refractivity contribution in [3.05, 3.63) is 66.5 Å². The second kappa shape index (κ2) is 7.82. The Morgan fingerprint density at radius 3 is 2.61 bits per heavy atom. The number of carbonyl (C=O) groups is 2. The molecule has 7 nitrogen and oxygen atoms in total. The number of nitrogens with one attached hydrogen (secondary N) is 2. The average molecular weight is 379 g/mol. The summed E-state index contributed by atoms with van der Waals surface area (Å²) in [6, 6.07) is 10.8. The molecule has 144 valence electrons. The lowest BCUT2D eigenvalue weighted by molar-refractivity contribution is -0.131. The fourth-order valence-corrected chi connectivity index (χ4v) is 3.67. The van der Waals surface area contributed by atoms with Crippen molar-refractivity contribution in [2.24, 2.45) is 11.8 Å². The molecule has 4 atom stereocenters. The lowest BCUT2D eigenvalue weighted by Gasteiger charge is -2.23. The summed E-state index contributed by atoms with van der Waals surface area (Å²) in [5, 5.41) is 5.78. The van der Waals surface area contributed by atoms with Gasteiger partial charge in [0, 0.05) is 30.7 Å². The van der Waals surface area contributed by atoms with E-state index in [1.807, 2.05) is 24.3 Å². The topological polar surface area (TPSA) is 89.5 Å². The highest BCUT2D eigenvalue weighted by Crippen LogP contribution is 2.40. The third-order valence-electron chi connectivity index (χ3n) is 5.03. The van der Waals surface area contributed by atoms with Gasteiger partial charge in [-0.3, -0.25) is 14.6 Å². The standard InChI is InChI=1S/C21H21N3O4/c1-27-15-6-2-5-14(10-15)24-21(26)19-17-8-7-16(28-17)18(19)20(25)23-12-13-4-3-9-22-11-13/h2-11,16-19H,12H2,1H3,(H,23,25)(H,24,26)/t16-,17-,18-,19+/m1/s1. The molecular formula is C21H21N3O4. The molecule has 1 fully saturated rings. The first kappa shape index (κ1) is 18.2. The van der Waals surface area contributed by atoms with Gasteiger partial charge in [-0.05, 0) is 23.8 Å². The molecule has 0 radical (unpaired) electrons. The van der Waals surface area contributed by atoms with Crippen molar-refractivity contribution in [2.75, 3.05) is 12.4 Å². The molecule has 2 aromatic rings.